The summed E-state index contributed by atoms with van der Waals surface area (Å²) >= 11 is 0. The van der Waals surface area contributed by atoms with Crippen LogP contribution in [0.2, 0.25) is 0 Å². The predicted octanol–water partition coefficient (Wildman–Crippen LogP) is 0.605. The van der Waals surface area contributed by atoms with Crippen LogP contribution in [-0.4, -0.2) is 46.3 Å². The summed E-state index contributed by atoms with van der Waals surface area (Å²) in [5, 5.41) is 9.01. The molecule has 2 atom stereocenters. The first-order valence-corrected chi connectivity index (χ1v) is 5.63. The van der Waals surface area contributed by atoms with E-state index in [0.717, 1.165) is 18.7 Å². The molecule has 0 radical (unpaired) electrons. The minimum absolute atomic E-state index is 0.120. The van der Waals surface area contributed by atoms with E-state index in [1.54, 1.807) is 12.3 Å². The molecule has 6 heteroatoms. The van der Waals surface area contributed by atoms with Gasteiger partial charge >= 0.3 is 6.09 Å². The molecular formula is C11H14N4O2. The van der Waals surface area contributed by atoms with Crippen molar-refractivity contribution in [1.82, 2.24) is 9.88 Å². The Labute approximate surface area is 98.6 Å². The summed E-state index contributed by atoms with van der Waals surface area (Å²) in [6, 6.07) is 4.11. The highest BCUT2D eigenvalue weighted by molar-refractivity contribution is 5.67. The highest BCUT2D eigenvalue weighted by Gasteiger charge is 2.45. The monoisotopic (exact) mass is 234 g/mol. The summed E-state index contributed by atoms with van der Waals surface area (Å²) in [6.45, 7) is 1.34. The zero-order valence-electron chi connectivity index (χ0n) is 9.28. The van der Waals surface area contributed by atoms with Gasteiger partial charge in [-0.25, -0.2) is 9.78 Å². The minimum atomic E-state index is -0.812. The molecule has 3 heterocycles. The fourth-order valence-corrected chi connectivity index (χ4v) is 2.78. The van der Waals surface area contributed by atoms with Crippen molar-refractivity contribution < 1.29 is 9.90 Å². The van der Waals surface area contributed by atoms with Crippen molar-refractivity contribution in [2.75, 3.05) is 23.7 Å². The topological polar surface area (TPSA) is 82.7 Å². The van der Waals surface area contributed by atoms with Gasteiger partial charge < -0.3 is 20.6 Å². The van der Waals surface area contributed by atoms with Crippen molar-refractivity contribution in [1.29, 1.82) is 0 Å². The zero-order valence-corrected chi connectivity index (χ0v) is 9.28. The molecule has 2 bridgehead atoms. The quantitative estimate of drug-likeness (QED) is 0.743. The van der Waals surface area contributed by atoms with E-state index in [-0.39, 0.29) is 12.1 Å². The molecule has 3 N–H and O–H groups in total. The second-order valence-electron chi connectivity index (χ2n) is 4.57. The predicted molar refractivity (Wildman–Crippen MR) is 62.9 cm³/mol. The number of hydrogen-bond acceptors (Lipinski definition) is 4. The number of piperazine rings is 1. The van der Waals surface area contributed by atoms with E-state index < -0.39 is 6.09 Å². The number of carbonyl (C=O) groups is 1. The van der Waals surface area contributed by atoms with E-state index in [4.69, 9.17) is 10.8 Å². The molecule has 0 aliphatic carbocycles. The number of anilines is 2. The summed E-state index contributed by atoms with van der Waals surface area (Å²) in [4.78, 5) is 18.8. The molecular weight excluding hydrogens is 220 g/mol. The number of nitrogen functional groups attached to an aromatic ring is 1. The van der Waals surface area contributed by atoms with Crippen LogP contribution in [0, 0.1) is 0 Å². The van der Waals surface area contributed by atoms with Crippen LogP contribution in [0.25, 0.3) is 0 Å². The number of nitrogens with two attached hydrogens (primary N) is 1. The molecule has 6 nitrogen and oxygen atoms in total. The number of amides is 1. The maximum Gasteiger partial charge on any atom is 0.407 e. The number of carboxylic acid groups (broad SMARTS) is 1. The third-order valence-electron chi connectivity index (χ3n) is 3.59. The van der Waals surface area contributed by atoms with Gasteiger partial charge in [0.2, 0.25) is 0 Å². The number of rotatable bonds is 1. The summed E-state index contributed by atoms with van der Waals surface area (Å²) in [5.41, 5.74) is 6.57. The first-order valence-electron chi connectivity index (χ1n) is 5.63. The molecule has 0 saturated carbocycles. The maximum absolute atomic E-state index is 11.0. The summed E-state index contributed by atoms with van der Waals surface area (Å²) in [6.07, 6.45) is 1.85. The second kappa shape index (κ2) is 3.51. The van der Waals surface area contributed by atoms with Gasteiger partial charge in [-0.3, -0.25) is 0 Å². The zero-order chi connectivity index (χ0) is 12.0. The normalized spacial score (nSPS) is 26.6. The molecule has 1 unspecified atom stereocenters. The Morgan fingerprint density at radius 2 is 2.24 bits per heavy atom. The lowest BCUT2D eigenvalue weighted by Crippen LogP contribution is -2.48. The lowest BCUT2D eigenvalue weighted by Gasteiger charge is -2.33. The third-order valence-corrected chi connectivity index (χ3v) is 3.59. The van der Waals surface area contributed by atoms with E-state index >= 15 is 0 Å². The minimum Gasteiger partial charge on any atom is -0.465 e. The van der Waals surface area contributed by atoms with Gasteiger partial charge in [0.15, 0.2) is 0 Å². The van der Waals surface area contributed by atoms with Crippen molar-refractivity contribution in [3.8, 4) is 0 Å². The lowest BCUT2D eigenvalue weighted by molar-refractivity contribution is 0.137. The molecule has 3 rings (SSSR count). The Balaban J connectivity index is 1.78. The highest BCUT2D eigenvalue weighted by atomic mass is 16.4. The van der Waals surface area contributed by atoms with Gasteiger partial charge in [-0.15, -0.1) is 0 Å². The van der Waals surface area contributed by atoms with Crippen molar-refractivity contribution in [3.63, 3.8) is 0 Å². The molecule has 0 aromatic carbocycles. The summed E-state index contributed by atoms with van der Waals surface area (Å²) in [5.74, 6) is 0.505. The molecule has 90 valence electrons. The first-order chi connectivity index (χ1) is 8.15. The molecule has 2 aliphatic heterocycles. The van der Waals surface area contributed by atoms with E-state index in [0.29, 0.717) is 12.4 Å². The smallest absolute Gasteiger partial charge is 0.407 e. The fourth-order valence-electron chi connectivity index (χ4n) is 2.78. The van der Waals surface area contributed by atoms with Gasteiger partial charge in [-0.1, -0.05) is 0 Å². The van der Waals surface area contributed by atoms with Crippen LogP contribution in [0.15, 0.2) is 18.3 Å². The van der Waals surface area contributed by atoms with Crippen LogP contribution in [-0.2, 0) is 0 Å². The molecule has 17 heavy (non-hydrogen) atoms. The van der Waals surface area contributed by atoms with Crippen LogP contribution in [0.1, 0.15) is 6.42 Å². The molecule has 2 saturated heterocycles. The molecule has 1 aromatic rings. The summed E-state index contributed by atoms with van der Waals surface area (Å²) in [7, 11) is 0. The van der Waals surface area contributed by atoms with Gasteiger partial charge in [0.05, 0.1) is 17.9 Å². The number of nitrogens with zero attached hydrogens (tertiary/aromatic N) is 3. The Morgan fingerprint density at radius 3 is 2.76 bits per heavy atom. The van der Waals surface area contributed by atoms with Crippen LogP contribution in [0.4, 0.5) is 16.3 Å². The van der Waals surface area contributed by atoms with Crippen molar-refractivity contribution in [3.05, 3.63) is 18.3 Å². The first kappa shape index (κ1) is 10.2. The Hall–Kier alpha value is -1.98. The van der Waals surface area contributed by atoms with Gasteiger partial charge in [0.1, 0.15) is 5.82 Å². The highest BCUT2D eigenvalue weighted by Crippen LogP contribution is 2.34. The Bertz CT molecular complexity index is 447. The molecule has 1 amide bonds. The fraction of sp³-hybridized carbons (Fsp3) is 0.455. The van der Waals surface area contributed by atoms with Crippen molar-refractivity contribution in [2.45, 2.75) is 18.5 Å². The number of likely N-dealkylation sites (tertiary alicyclic amines) is 1. The van der Waals surface area contributed by atoms with E-state index in [2.05, 4.69) is 9.88 Å². The standard InChI is InChI=1S/C11H14N4O2/c12-10-2-1-7(4-13-10)14-5-9-3-8(14)6-15(9)11(16)17/h1-2,4,8-9H,3,5-6H2,(H2,12,13)(H,16,17)/t8-,9?/m1/s1. The molecule has 0 spiro atoms. The van der Waals surface area contributed by atoms with E-state index in [9.17, 15) is 4.79 Å². The largest absolute Gasteiger partial charge is 0.465 e. The molecule has 2 fully saturated rings. The number of aromatic nitrogens is 1. The SMILES string of the molecule is Nc1ccc(N2CC3C[C@@H]2CN3C(=O)O)cn1. The van der Waals surface area contributed by atoms with Crippen LogP contribution in [0.5, 0.6) is 0 Å². The lowest BCUT2D eigenvalue weighted by atomic mass is 10.2. The van der Waals surface area contributed by atoms with Crippen molar-refractivity contribution in [2.24, 2.45) is 0 Å². The van der Waals surface area contributed by atoms with Crippen LogP contribution < -0.4 is 10.6 Å². The number of fused-ring (bicyclic) bond motifs is 2. The molecule has 2 aliphatic rings. The van der Waals surface area contributed by atoms with Crippen molar-refractivity contribution >= 4 is 17.6 Å². The second-order valence-corrected chi connectivity index (χ2v) is 4.57. The average molecular weight is 234 g/mol. The molecule has 1 aromatic heterocycles. The van der Waals surface area contributed by atoms with Gasteiger partial charge in [-0.05, 0) is 18.6 Å². The van der Waals surface area contributed by atoms with Gasteiger partial charge in [0.25, 0.3) is 0 Å². The summed E-state index contributed by atoms with van der Waals surface area (Å²) < 4.78 is 0. The Morgan fingerprint density at radius 1 is 1.41 bits per heavy atom. The van der Waals surface area contributed by atoms with Crippen LogP contribution in [0.3, 0.4) is 0 Å². The third kappa shape index (κ3) is 1.56. The average Bonchev–Trinajstić information content (AvgIpc) is 2.89. The van der Waals surface area contributed by atoms with E-state index in [1.165, 1.54) is 4.90 Å². The van der Waals surface area contributed by atoms with E-state index in [1.807, 2.05) is 6.07 Å². The number of hydrogen-bond donors (Lipinski definition) is 2. The van der Waals surface area contributed by atoms with Gasteiger partial charge in [0, 0.05) is 19.1 Å². The van der Waals surface area contributed by atoms with Gasteiger partial charge in [-0.2, -0.15) is 0 Å². The maximum atomic E-state index is 11.0. The number of pyridine rings is 1. The Kier molecular flexibility index (Phi) is 2.10. The van der Waals surface area contributed by atoms with Crippen LogP contribution >= 0.6 is 0 Å².